The number of carbonyl (C=O) groups is 1. The number of hydrogen-bond donors (Lipinski definition) is 0. The number of morpholine rings is 1. The maximum absolute atomic E-state index is 12.8. The molecule has 1 aliphatic heterocycles. The third-order valence-corrected chi connectivity index (χ3v) is 5.09. The molecule has 29 heavy (non-hydrogen) atoms. The average Bonchev–Trinajstić information content (AvgIpc) is 3.28. The number of benzene rings is 2. The Morgan fingerprint density at radius 3 is 2.38 bits per heavy atom. The lowest BCUT2D eigenvalue weighted by molar-refractivity contribution is 0.0785. The summed E-state index contributed by atoms with van der Waals surface area (Å²) in [5.74, 6) is 0.00885. The molecule has 0 radical (unpaired) electrons. The Kier molecular flexibility index (Phi) is 5.86. The van der Waals surface area contributed by atoms with Gasteiger partial charge >= 0.3 is 0 Å². The number of anilines is 1. The summed E-state index contributed by atoms with van der Waals surface area (Å²) in [6.45, 7) is 4.60. The van der Waals surface area contributed by atoms with E-state index < -0.39 is 0 Å². The minimum atomic E-state index is 0.00885. The van der Waals surface area contributed by atoms with Crippen molar-refractivity contribution in [2.75, 3.05) is 38.3 Å². The molecule has 0 spiro atoms. The fourth-order valence-electron chi connectivity index (χ4n) is 3.45. The largest absolute Gasteiger partial charge is 0.378 e. The van der Waals surface area contributed by atoms with Crippen molar-refractivity contribution in [2.45, 2.75) is 13.1 Å². The molecule has 1 saturated heterocycles. The van der Waals surface area contributed by atoms with Gasteiger partial charge in [-0.2, -0.15) is 5.10 Å². The smallest absolute Gasteiger partial charge is 0.253 e. The van der Waals surface area contributed by atoms with Crippen LogP contribution in [0.4, 0.5) is 5.69 Å². The van der Waals surface area contributed by atoms with E-state index >= 15 is 0 Å². The minimum absolute atomic E-state index is 0.00885. The summed E-state index contributed by atoms with van der Waals surface area (Å²) >= 11 is 0. The van der Waals surface area contributed by atoms with Gasteiger partial charge in [0.15, 0.2) is 0 Å². The zero-order valence-corrected chi connectivity index (χ0v) is 16.6. The number of carbonyl (C=O) groups excluding carboxylic acids is 1. The second-order valence-electron chi connectivity index (χ2n) is 7.22. The Morgan fingerprint density at radius 2 is 1.72 bits per heavy atom. The molecule has 3 aromatic rings. The van der Waals surface area contributed by atoms with Crippen molar-refractivity contribution in [3.8, 4) is 0 Å². The van der Waals surface area contributed by atoms with Gasteiger partial charge in [-0.15, -0.1) is 0 Å². The second kappa shape index (κ2) is 8.87. The van der Waals surface area contributed by atoms with E-state index in [0.717, 1.165) is 37.4 Å². The maximum atomic E-state index is 12.8. The van der Waals surface area contributed by atoms with Crippen LogP contribution in [0.3, 0.4) is 0 Å². The predicted octanol–water partition coefficient (Wildman–Crippen LogP) is 2.44. The van der Waals surface area contributed by atoms with E-state index in [9.17, 15) is 4.79 Å². The Hall–Kier alpha value is -3.19. The predicted molar refractivity (Wildman–Crippen MR) is 111 cm³/mol. The summed E-state index contributed by atoms with van der Waals surface area (Å²) in [7, 11) is 1.83. The summed E-state index contributed by atoms with van der Waals surface area (Å²) < 4.78 is 7.16. The van der Waals surface area contributed by atoms with E-state index in [4.69, 9.17) is 4.74 Å². The zero-order valence-electron chi connectivity index (χ0n) is 16.6. The molecular weight excluding hydrogens is 366 g/mol. The minimum Gasteiger partial charge on any atom is -0.378 e. The highest BCUT2D eigenvalue weighted by Crippen LogP contribution is 2.18. The quantitative estimate of drug-likeness (QED) is 0.646. The van der Waals surface area contributed by atoms with Crippen molar-refractivity contribution < 1.29 is 9.53 Å². The summed E-state index contributed by atoms with van der Waals surface area (Å²) in [5.41, 5.74) is 4.07. The summed E-state index contributed by atoms with van der Waals surface area (Å²) in [5, 5.41) is 4.10. The van der Waals surface area contributed by atoms with Crippen molar-refractivity contribution in [3.63, 3.8) is 0 Å². The van der Waals surface area contributed by atoms with Crippen LogP contribution in [0.15, 0.2) is 61.2 Å². The molecule has 4 rings (SSSR count). The summed E-state index contributed by atoms with van der Waals surface area (Å²) in [4.78, 5) is 20.8. The van der Waals surface area contributed by atoms with Gasteiger partial charge in [0.25, 0.3) is 5.91 Å². The number of amides is 1. The molecule has 0 bridgehead atoms. The van der Waals surface area contributed by atoms with Crippen LogP contribution in [0.2, 0.25) is 0 Å². The molecule has 1 fully saturated rings. The molecule has 0 unspecified atom stereocenters. The van der Waals surface area contributed by atoms with Gasteiger partial charge in [0.1, 0.15) is 12.7 Å². The zero-order chi connectivity index (χ0) is 20.1. The molecule has 1 aliphatic rings. The van der Waals surface area contributed by atoms with Crippen LogP contribution in [0.5, 0.6) is 0 Å². The van der Waals surface area contributed by atoms with E-state index in [1.54, 1.807) is 15.9 Å². The topological polar surface area (TPSA) is 63.5 Å². The van der Waals surface area contributed by atoms with Gasteiger partial charge in [-0.25, -0.2) is 9.67 Å². The molecular formula is C22H25N5O2. The van der Waals surface area contributed by atoms with E-state index in [0.29, 0.717) is 18.7 Å². The molecule has 1 amide bonds. The van der Waals surface area contributed by atoms with E-state index in [2.05, 4.69) is 39.2 Å². The molecule has 7 nitrogen and oxygen atoms in total. The number of rotatable bonds is 6. The summed E-state index contributed by atoms with van der Waals surface area (Å²) in [6.07, 6.45) is 3.19. The highest BCUT2D eigenvalue weighted by molar-refractivity contribution is 5.94. The number of nitrogens with zero attached hydrogens (tertiary/aromatic N) is 5. The first-order chi connectivity index (χ1) is 14.2. The highest BCUT2D eigenvalue weighted by atomic mass is 16.5. The van der Waals surface area contributed by atoms with Gasteiger partial charge in [-0.3, -0.25) is 4.79 Å². The number of ether oxygens (including phenoxy) is 1. The Labute approximate surface area is 170 Å². The third kappa shape index (κ3) is 4.81. The van der Waals surface area contributed by atoms with Gasteiger partial charge in [0.05, 0.1) is 19.8 Å². The maximum Gasteiger partial charge on any atom is 0.253 e. The summed E-state index contributed by atoms with van der Waals surface area (Å²) in [6, 6.07) is 16.1. The van der Waals surface area contributed by atoms with Crippen LogP contribution in [0, 0.1) is 0 Å². The Balaban J connectivity index is 1.35. The molecule has 0 N–H and O–H groups in total. The Bertz CT molecular complexity index is 917. The van der Waals surface area contributed by atoms with Gasteiger partial charge < -0.3 is 14.5 Å². The van der Waals surface area contributed by atoms with E-state index in [1.807, 2.05) is 31.3 Å². The lowest BCUT2D eigenvalue weighted by Crippen LogP contribution is -2.36. The standard InChI is InChI=1S/C22H25N5O2/c1-25(14-18-4-8-21(9-5-18)26-10-12-29-13-11-26)22(28)20-6-2-19(3-7-20)15-27-17-23-16-24-27/h2-9,16-17H,10-15H2,1H3. The molecule has 2 heterocycles. The molecule has 0 aliphatic carbocycles. The van der Waals surface area contributed by atoms with Crippen molar-refractivity contribution >= 4 is 11.6 Å². The lowest BCUT2D eigenvalue weighted by Gasteiger charge is -2.29. The van der Waals surface area contributed by atoms with E-state index in [1.165, 1.54) is 12.0 Å². The molecule has 2 aromatic carbocycles. The van der Waals surface area contributed by atoms with E-state index in [-0.39, 0.29) is 5.91 Å². The fraction of sp³-hybridized carbons (Fsp3) is 0.318. The first-order valence-corrected chi connectivity index (χ1v) is 9.77. The van der Waals surface area contributed by atoms with Crippen molar-refractivity contribution in [3.05, 3.63) is 77.9 Å². The highest BCUT2D eigenvalue weighted by Gasteiger charge is 2.14. The second-order valence-corrected chi connectivity index (χ2v) is 7.22. The normalized spacial score (nSPS) is 14.0. The van der Waals surface area contributed by atoms with Crippen molar-refractivity contribution in [1.29, 1.82) is 0 Å². The van der Waals surface area contributed by atoms with Crippen LogP contribution in [0.1, 0.15) is 21.5 Å². The van der Waals surface area contributed by atoms with Gasteiger partial charge in [0.2, 0.25) is 0 Å². The Morgan fingerprint density at radius 1 is 1.03 bits per heavy atom. The molecule has 0 atom stereocenters. The van der Waals surface area contributed by atoms with Gasteiger partial charge in [-0.1, -0.05) is 24.3 Å². The van der Waals surface area contributed by atoms with Crippen LogP contribution in [0.25, 0.3) is 0 Å². The van der Waals surface area contributed by atoms with Gasteiger partial charge in [-0.05, 0) is 35.4 Å². The first kappa shape index (κ1) is 19.1. The first-order valence-electron chi connectivity index (χ1n) is 9.77. The molecule has 150 valence electrons. The number of aromatic nitrogens is 3. The lowest BCUT2D eigenvalue weighted by atomic mass is 10.1. The molecule has 0 saturated carbocycles. The van der Waals surface area contributed by atoms with Crippen LogP contribution < -0.4 is 4.90 Å². The van der Waals surface area contributed by atoms with Crippen LogP contribution in [-0.2, 0) is 17.8 Å². The number of hydrogen-bond acceptors (Lipinski definition) is 5. The van der Waals surface area contributed by atoms with Crippen LogP contribution >= 0.6 is 0 Å². The third-order valence-electron chi connectivity index (χ3n) is 5.09. The SMILES string of the molecule is CN(Cc1ccc(N2CCOCC2)cc1)C(=O)c1ccc(Cn2cncn2)cc1. The van der Waals surface area contributed by atoms with Crippen molar-refractivity contribution in [1.82, 2.24) is 19.7 Å². The van der Waals surface area contributed by atoms with Gasteiger partial charge in [0, 0.05) is 37.9 Å². The fourth-order valence-corrected chi connectivity index (χ4v) is 3.45. The monoisotopic (exact) mass is 391 g/mol. The van der Waals surface area contributed by atoms with Crippen molar-refractivity contribution in [2.24, 2.45) is 0 Å². The van der Waals surface area contributed by atoms with Crippen LogP contribution in [-0.4, -0.2) is 58.9 Å². The average molecular weight is 391 g/mol. The molecule has 7 heteroatoms. The molecule has 1 aromatic heterocycles.